The predicted octanol–water partition coefficient (Wildman–Crippen LogP) is 1.77. The van der Waals surface area contributed by atoms with Gasteiger partial charge in [-0.1, -0.05) is 26.0 Å². The van der Waals surface area contributed by atoms with Crippen molar-refractivity contribution in [2.24, 2.45) is 18.7 Å². The molecule has 0 fully saturated rings. The topological polar surface area (TPSA) is 94.0 Å². The molecule has 0 aliphatic carbocycles. The van der Waals surface area contributed by atoms with Crippen LogP contribution in [0.5, 0.6) is 5.75 Å². The van der Waals surface area contributed by atoms with E-state index in [1.165, 1.54) is 17.8 Å². The summed E-state index contributed by atoms with van der Waals surface area (Å²) in [6, 6.07) is 9.01. The third kappa shape index (κ3) is 3.33. The second-order valence-corrected chi connectivity index (χ2v) is 5.49. The van der Waals surface area contributed by atoms with E-state index in [0.717, 1.165) is 5.56 Å². The SMILES string of the molecule is CC(C)COc1ccccc1-c1cc(C(=N)N)c(=O)n(C)n1. The van der Waals surface area contributed by atoms with E-state index in [1.807, 2.05) is 24.3 Å². The first-order chi connectivity index (χ1) is 10.4. The molecule has 2 rings (SSSR count). The molecule has 0 spiro atoms. The number of nitrogen functional groups attached to an aromatic ring is 1. The van der Waals surface area contributed by atoms with Crippen LogP contribution >= 0.6 is 0 Å². The monoisotopic (exact) mass is 300 g/mol. The van der Waals surface area contributed by atoms with Crippen LogP contribution in [0.1, 0.15) is 19.4 Å². The zero-order chi connectivity index (χ0) is 16.3. The molecule has 3 N–H and O–H groups in total. The molecule has 0 atom stereocenters. The van der Waals surface area contributed by atoms with Gasteiger partial charge >= 0.3 is 0 Å². The van der Waals surface area contributed by atoms with Crippen molar-refractivity contribution >= 4 is 5.84 Å². The number of aryl methyl sites for hydroxylation is 1. The minimum absolute atomic E-state index is 0.131. The second-order valence-electron chi connectivity index (χ2n) is 5.49. The van der Waals surface area contributed by atoms with E-state index in [9.17, 15) is 4.79 Å². The molecule has 0 aliphatic heterocycles. The van der Waals surface area contributed by atoms with E-state index >= 15 is 0 Å². The molecule has 0 aliphatic rings. The smallest absolute Gasteiger partial charge is 0.277 e. The number of nitrogens with one attached hydrogen (secondary N) is 1. The summed E-state index contributed by atoms with van der Waals surface area (Å²) >= 11 is 0. The number of nitrogens with zero attached hydrogens (tertiary/aromatic N) is 2. The molecular weight excluding hydrogens is 280 g/mol. The molecule has 0 saturated carbocycles. The summed E-state index contributed by atoms with van der Waals surface area (Å²) in [5.74, 6) is 0.815. The van der Waals surface area contributed by atoms with Gasteiger partial charge in [0.2, 0.25) is 0 Å². The fourth-order valence-corrected chi connectivity index (χ4v) is 1.99. The number of amidine groups is 1. The first kappa shape index (κ1) is 15.8. The van der Waals surface area contributed by atoms with E-state index in [4.69, 9.17) is 15.9 Å². The molecule has 0 unspecified atom stereocenters. The lowest BCUT2D eigenvalue weighted by Crippen LogP contribution is -2.29. The fourth-order valence-electron chi connectivity index (χ4n) is 1.99. The van der Waals surface area contributed by atoms with Crippen molar-refractivity contribution < 1.29 is 4.74 Å². The van der Waals surface area contributed by atoms with Gasteiger partial charge in [-0.25, -0.2) is 4.68 Å². The molecule has 2 aromatic rings. The highest BCUT2D eigenvalue weighted by atomic mass is 16.5. The molecule has 1 aromatic carbocycles. The van der Waals surface area contributed by atoms with Crippen molar-refractivity contribution in [2.75, 3.05) is 6.61 Å². The van der Waals surface area contributed by atoms with Crippen LogP contribution in [-0.4, -0.2) is 22.2 Å². The maximum atomic E-state index is 11.9. The molecule has 0 bridgehead atoms. The maximum Gasteiger partial charge on any atom is 0.277 e. The largest absolute Gasteiger partial charge is 0.493 e. The fraction of sp³-hybridized carbons (Fsp3) is 0.312. The van der Waals surface area contributed by atoms with Gasteiger partial charge in [-0.15, -0.1) is 0 Å². The molecule has 0 amide bonds. The quantitative estimate of drug-likeness (QED) is 0.650. The highest BCUT2D eigenvalue weighted by molar-refractivity contribution is 5.95. The molecule has 6 nitrogen and oxygen atoms in total. The maximum absolute atomic E-state index is 11.9. The Labute approximate surface area is 129 Å². The lowest BCUT2D eigenvalue weighted by Gasteiger charge is -2.13. The third-order valence-corrected chi connectivity index (χ3v) is 3.09. The molecule has 6 heteroatoms. The average molecular weight is 300 g/mol. The van der Waals surface area contributed by atoms with Crippen molar-refractivity contribution in [3.8, 4) is 17.0 Å². The van der Waals surface area contributed by atoms with Gasteiger partial charge in [0.25, 0.3) is 5.56 Å². The van der Waals surface area contributed by atoms with Crippen molar-refractivity contribution in [1.82, 2.24) is 9.78 Å². The number of aromatic nitrogens is 2. The molecule has 22 heavy (non-hydrogen) atoms. The van der Waals surface area contributed by atoms with Gasteiger partial charge in [0.05, 0.1) is 17.9 Å². The zero-order valence-electron chi connectivity index (χ0n) is 13.0. The Morgan fingerprint density at radius 3 is 2.73 bits per heavy atom. The lowest BCUT2D eigenvalue weighted by atomic mass is 10.1. The number of nitrogens with two attached hydrogens (primary N) is 1. The summed E-state index contributed by atoms with van der Waals surface area (Å²) in [7, 11) is 1.54. The van der Waals surface area contributed by atoms with Gasteiger partial charge in [0, 0.05) is 12.6 Å². The van der Waals surface area contributed by atoms with Crippen molar-refractivity contribution in [1.29, 1.82) is 5.41 Å². The highest BCUT2D eigenvalue weighted by Gasteiger charge is 2.13. The van der Waals surface area contributed by atoms with E-state index in [2.05, 4.69) is 18.9 Å². The van der Waals surface area contributed by atoms with Gasteiger partial charge in [-0.2, -0.15) is 5.10 Å². The molecule has 0 saturated heterocycles. The van der Waals surface area contributed by atoms with Crippen molar-refractivity contribution in [2.45, 2.75) is 13.8 Å². The van der Waals surface area contributed by atoms with Gasteiger partial charge in [-0.3, -0.25) is 10.2 Å². The van der Waals surface area contributed by atoms with E-state index in [-0.39, 0.29) is 11.4 Å². The minimum Gasteiger partial charge on any atom is -0.493 e. The summed E-state index contributed by atoms with van der Waals surface area (Å²) in [5.41, 5.74) is 6.53. The normalized spacial score (nSPS) is 10.7. The van der Waals surface area contributed by atoms with Crippen LogP contribution in [0.4, 0.5) is 0 Å². The molecule has 0 radical (unpaired) electrons. The Kier molecular flexibility index (Phi) is 4.60. The summed E-state index contributed by atoms with van der Waals surface area (Å²) in [6.07, 6.45) is 0. The molecule has 116 valence electrons. The standard InChI is InChI=1S/C16H20N4O2/c1-10(2)9-22-14-7-5-4-6-11(14)13-8-12(15(17)18)16(21)20(3)19-13/h4-8,10H,9H2,1-3H3,(H3,17,18). The van der Waals surface area contributed by atoms with Gasteiger partial charge in [0.15, 0.2) is 0 Å². The minimum atomic E-state index is -0.392. The Bertz CT molecular complexity index is 750. The van der Waals surface area contributed by atoms with Gasteiger partial charge < -0.3 is 10.5 Å². The summed E-state index contributed by atoms with van der Waals surface area (Å²) in [4.78, 5) is 11.9. The Balaban J connectivity index is 2.53. The highest BCUT2D eigenvalue weighted by Crippen LogP contribution is 2.28. The Morgan fingerprint density at radius 2 is 2.09 bits per heavy atom. The van der Waals surface area contributed by atoms with E-state index in [1.54, 1.807) is 0 Å². The number of para-hydroxylation sites is 1. The Morgan fingerprint density at radius 1 is 1.41 bits per heavy atom. The first-order valence-electron chi connectivity index (χ1n) is 7.05. The van der Waals surface area contributed by atoms with Crippen molar-refractivity contribution in [3.63, 3.8) is 0 Å². The zero-order valence-corrected chi connectivity index (χ0v) is 13.0. The van der Waals surface area contributed by atoms with Gasteiger partial charge in [-0.05, 0) is 24.1 Å². The molecular formula is C16H20N4O2. The van der Waals surface area contributed by atoms with Crippen molar-refractivity contribution in [3.05, 3.63) is 46.2 Å². The molecule has 1 heterocycles. The number of hydrogen-bond donors (Lipinski definition) is 2. The summed E-state index contributed by atoms with van der Waals surface area (Å²) < 4.78 is 7.00. The number of rotatable bonds is 5. The van der Waals surface area contributed by atoms with E-state index < -0.39 is 5.56 Å². The van der Waals surface area contributed by atoms with Gasteiger partial charge in [0.1, 0.15) is 11.6 Å². The number of ether oxygens (including phenoxy) is 1. The summed E-state index contributed by atoms with van der Waals surface area (Å²) in [6.45, 7) is 4.73. The van der Waals surface area contributed by atoms with Crippen LogP contribution in [0.25, 0.3) is 11.3 Å². The van der Waals surface area contributed by atoms with Crippen LogP contribution in [0.2, 0.25) is 0 Å². The second kappa shape index (κ2) is 6.43. The predicted molar refractivity (Wildman–Crippen MR) is 86.3 cm³/mol. The van der Waals surface area contributed by atoms with E-state index in [0.29, 0.717) is 24.0 Å². The van der Waals surface area contributed by atoms with Crippen LogP contribution < -0.4 is 16.0 Å². The summed E-state index contributed by atoms with van der Waals surface area (Å²) in [5, 5.41) is 11.8. The van der Waals surface area contributed by atoms with Crippen LogP contribution in [0.3, 0.4) is 0 Å². The number of benzene rings is 1. The Hall–Kier alpha value is -2.63. The van der Waals surface area contributed by atoms with Crippen LogP contribution in [0, 0.1) is 11.3 Å². The lowest BCUT2D eigenvalue weighted by molar-refractivity contribution is 0.272. The first-order valence-corrected chi connectivity index (χ1v) is 7.05. The third-order valence-electron chi connectivity index (χ3n) is 3.09. The van der Waals surface area contributed by atoms with Crippen LogP contribution in [-0.2, 0) is 7.05 Å². The van der Waals surface area contributed by atoms with Crippen LogP contribution in [0.15, 0.2) is 35.1 Å². The number of hydrogen-bond acceptors (Lipinski definition) is 4. The molecule has 1 aromatic heterocycles. The average Bonchev–Trinajstić information content (AvgIpc) is 2.47.